The summed E-state index contributed by atoms with van der Waals surface area (Å²) in [5.74, 6) is -1.94. The molecule has 0 saturated heterocycles. The molecule has 3 rings (SSSR count). The van der Waals surface area contributed by atoms with Gasteiger partial charge in [-0.25, -0.2) is 14.7 Å². The third-order valence-corrected chi connectivity index (χ3v) is 4.44. The fraction of sp³-hybridized carbons (Fsp3) is 0.0909. The summed E-state index contributed by atoms with van der Waals surface area (Å²) >= 11 is 0. The van der Waals surface area contributed by atoms with Crippen LogP contribution in [0, 0.1) is 17.0 Å². The number of carbonyl (C=O) groups excluding carboxylic acids is 3. The molecule has 9 nitrogen and oxygen atoms in total. The third kappa shape index (κ3) is 4.45. The number of aryl methyl sites for hydroxylation is 1. The molecule has 1 heterocycles. The smallest absolute Gasteiger partial charge is 0.337 e. The SMILES string of the molecule is COC(=O)c1ccc(C(=O)N(C(=O)c2ccccc2)c2ncc([N+](=O)[O-])cc2C)cc1. The molecule has 3 aromatic rings. The minimum absolute atomic E-state index is 0.0264. The molecular formula is C22H17N3O6. The number of methoxy groups -OCH3 is 1. The number of ether oxygens (including phenoxy) is 1. The van der Waals surface area contributed by atoms with Crippen molar-refractivity contribution in [1.82, 2.24) is 4.98 Å². The second-order valence-electron chi connectivity index (χ2n) is 6.47. The second kappa shape index (κ2) is 8.95. The Morgan fingerprint density at radius 2 is 1.48 bits per heavy atom. The van der Waals surface area contributed by atoms with Gasteiger partial charge < -0.3 is 4.74 Å². The number of aromatic nitrogens is 1. The minimum Gasteiger partial charge on any atom is -0.465 e. The van der Waals surface area contributed by atoms with E-state index < -0.39 is 22.7 Å². The molecule has 0 atom stereocenters. The normalized spacial score (nSPS) is 10.3. The first kappa shape index (κ1) is 21.3. The van der Waals surface area contributed by atoms with Crippen molar-refractivity contribution in [2.75, 3.05) is 12.0 Å². The molecule has 1 aromatic heterocycles. The van der Waals surface area contributed by atoms with Gasteiger partial charge in [0.15, 0.2) is 0 Å². The van der Waals surface area contributed by atoms with Gasteiger partial charge in [0.05, 0.1) is 17.6 Å². The number of benzene rings is 2. The fourth-order valence-electron chi connectivity index (χ4n) is 2.88. The molecule has 0 bridgehead atoms. The molecular weight excluding hydrogens is 402 g/mol. The van der Waals surface area contributed by atoms with Gasteiger partial charge in [-0.15, -0.1) is 0 Å². The van der Waals surface area contributed by atoms with E-state index in [9.17, 15) is 24.5 Å². The van der Waals surface area contributed by atoms with E-state index in [1.54, 1.807) is 30.3 Å². The van der Waals surface area contributed by atoms with Crippen LogP contribution in [0.3, 0.4) is 0 Å². The molecule has 156 valence electrons. The Kier molecular flexibility index (Phi) is 6.15. The van der Waals surface area contributed by atoms with Gasteiger partial charge in [0, 0.05) is 17.2 Å². The van der Waals surface area contributed by atoms with E-state index in [0.717, 1.165) is 11.1 Å². The number of carbonyl (C=O) groups is 3. The lowest BCUT2D eigenvalue weighted by Crippen LogP contribution is -2.38. The van der Waals surface area contributed by atoms with Crippen molar-refractivity contribution in [1.29, 1.82) is 0 Å². The van der Waals surface area contributed by atoms with Crippen LogP contribution in [0.15, 0.2) is 66.9 Å². The van der Waals surface area contributed by atoms with E-state index in [1.165, 1.54) is 44.4 Å². The first-order valence-corrected chi connectivity index (χ1v) is 9.06. The molecule has 0 fully saturated rings. The second-order valence-corrected chi connectivity index (χ2v) is 6.47. The largest absolute Gasteiger partial charge is 0.465 e. The summed E-state index contributed by atoms with van der Waals surface area (Å²) in [6, 6.07) is 14.9. The third-order valence-electron chi connectivity index (χ3n) is 4.44. The molecule has 2 amide bonds. The average Bonchev–Trinajstić information content (AvgIpc) is 2.80. The van der Waals surface area contributed by atoms with E-state index in [4.69, 9.17) is 0 Å². The van der Waals surface area contributed by atoms with E-state index in [0.29, 0.717) is 0 Å². The average molecular weight is 419 g/mol. The highest BCUT2D eigenvalue weighted by Gasteiger charge is 2.29. The van der Waals surface area contributed by atoms with Gasteiger partial charge in [0.25, 0.3) is 17.5 Å². The maximum atomic E-state index is 13.3. The number of anilines is 1. The summed E-state index contributed by atoms with van der Waals surface area (Å²) in [6.45, 7) is 1.52. The predicted octanol–water partition coefficient (Wildman–Crippen LogP) is 3.57. The number of nitrogens with zero attached hydrogens (tertiary/aromatic N) is 3. The van der Waals surface area contributed by atoms with Crippen LogP contribution in [-0.4, -0.2) is 34.8 Å². The molecule has 0 N–H and O–H groups in total. The zero-order valence-corrected chi connectivity index (χ0v) is 16.6. The first-order chi connectivity index (χ1) is 14.8. The Morgan fingerprint density at radius 3 is 2.00 bits per heavy atom. The highest BCUT2D eigenvalue weighted by molar-refractivity contribution is 6.25. The van der Waals surface area contributed by atoms with E-state index in [1.807, 2.05) is 0 Å². The maximum absolute atomic E-state index is 13.3. The number of rotatable bonds is 5. The van der Waals surface area contributed by atoms with Gasteiger partial charge in [0.2, 0.25) is 0 Å². The van der Waals surface area contributed by atoms with Gasteiger partial charge in [-0.1, -0.05) is 18.2 Å². The Morgan fingerprint density at radius 1 is 0.935 bits per heavy atom. The molecule has 0 unspecified atom stereocenters. The summed E-state index contributed by atoms with van der Waals surface area (Å²) in [5.41, 5.74) is 0.615. The van der Waals surface area contributed by atoms with Gasteiger partial charge in [0.1, 0.15) is 12.0 Å². The Labute approximate surface area is 177 Å². The highest BCUT2D eigenvalue weighted by atomic mass is 16.6. The van der Waals surface area contributed by atoms with Crippen LogP contribution in [0.25, 0.3) is 0 Å². The maximum Gasteiger partial charge on any atom is 0.337 e. The van der Waals surface area contributed by atoms with Crippen LogP contribution in [-0.2, 0) is 4.74 Å². The summed E-state index contributed by atoms with van der Waals surface area (Å²) < 4.78 is 4.64. The predicted molar refractivity (Wildman–Crippen MR) is 111 cm³/mol. The van der Waals surface area contributed by atoms with Gasteiger partial charge in [-0.3, -0.25) is 19.7 Å². The van der Waals surface area contributed by atoms with Crippen LogP contribution in [0.1, 0.15) is 36.6 Å². The molecule has 0 aliphatic carbocycles. The Hall–Kier alpha value is -4.40. The number of hydrogen-bond acceptors (Lipinski definition) is 7. The van der Waals surface area contributed by atoms with Crippen molar-refractivity contribution in [3.8, 4) is 0 Å². The summed E-state index contributed by atoms with van der Waals surface area (Å²) in [5, 5.41) is 11.0. The number of amides is 2. The van der Waals surface area contributed by atoms with Crippen LogP contribution >= 0.6 is 0 Å². The quantitative estimate of drug-likeness (QED) is 0.268. The monoisotopic (exact) mass is 419 g/mol. The summed E-state index contributed by atoms with van der Waals surface area (Å²) in [7, 11) is 1.24. The molecule has 0 radical (unpaired) electrons. The van der Waals surface area contributed by atoms with Crippen molar-refractivity contribution in [3.05, 3.63) is 99.2 Å². The molecule has 2 aromatic carbocycles. The molecule has 0 aliphatic heterocycles. The lowest BCUT2D eigenvalue weighted by Gasteiger charge is -2.21. The van der Waals surface area contributed by atoms with Gasteiger partial charge in [-0.2, -0.15) is 0 Å². The minimum atomic E-state index is -0.699. The number of esters is 1. The molecule has 9 heteroatoms. The number of hydrogen-bond donors (Lipinski definition) is 0. The zero-order chi connectivity index (χ0) is 22.5. The van der Waals surface area contributed by atoms with Crippen molar-refractivity contribution in [2.24, 2.45) is 0 Å². The molecule has 0 spiro atoms. The molecule has 31 heavy (non-hydrogen) atoms. The van der Waals surface area contributed by atoms with E-state index >= 15 is 0 Å². The van der Waals surface area contributed by atoms with Crippen molar-refractivity contribution < 1.29 is 24.0 Å². The lowest BCUT2D eigenvalue weighted by molar-refractivity contribution is -0.385. The van der Waals surface area contributed by atoms with Gasteiger partial charge in [-0.05, 0) is 48.9 Å². The summed E-state index contributed by atoms with van der Waals surface area (Å²) in [4.78, 5) is 53.5. The Bertz CT molecular complexity index is 1160. The topological polar surface area (TPSA) is 120 Å². The molecule has 0 aliphatic rings. The van der Waals surface area contributed by atoms with Crippen LogP contribution < -0.4 is 4.90 Å². The number of pyridine rings is 1. The number of imide groups is 1. The van der Waals surface area contributed by atoms with Crippen molar-refractivity contribution in [2.45, 2.75) is 6.92 Å². The van der Waals surface area contributed by atoms with Crippen LogP contribution in [0.5, 0.6) is 0 Å². The summed E-state index contributed by atoms with van der Waals surface area (Å²) in [6.07, 6.45) is 0.987. The van der Waals surface area contributed by atoms with Crippen molar-refractivity contribution in [3.63, 3.8) is 0 Å². The first-order valence-electron chi connectivity index (χ1n) is 9.06. The van der Waals surface area contributed by atoms with E-state index in [-0.39, 0.29) is 33.8 Å². The highest BCUT2D eigenvalue weighted by Crippen LogP contribution is 2.25. The van der Waals surface area contributed by atoms with E-state index in [2.05, 4.69) is 9.72 Å². The zero-order valence-electron chi connectivity index (χ0n) is 16.6. The lowest BCUT2D eigenvalue weighted by atomic mass is 10.1. The number of nitro groups is 1. The van der Waals surface area contributed by atoms with Gasteiger partial charge >= 0.3 is 5.97 Å². The standard InChI is InChI=1S/C22H17N3O6/c1-14-12-18(25(29)30)13-23-19(14)24(20(26)15-6-4-3-5-7-15)21(27)16-8-10-17(11-9-16)22(28)31-2/h3-13H,1-2H3. The van der Waals surface area contributed by atoms with Crippen LogP contribution in [0.2, 0.25) is 0 Å². The van der Waals surface area contributed by atoms with Crippen molar-refractivity contribution >= 4 is 29.3 Å². The Balaban J connectivity index is 2.08. The van der Waals surface area contributed by atoms with Crippen LogP contribution in [0.4, 0.5) is 11.5 Å². The molecule has 0 saturated carbocycles. The fourth-order valence-corrected chi connectivity index (χ4v) is 2.88.